The van der Waals surface area contributed by atoms with Gasteiger partial charge >= 0.3 is 0 Å². The third-order valence-electron chi connectivity index (χ3n) is 3.27. The summed E-state index contributed by atoms with van der Waals surface area (Å²) in [6.45, 7) is 5.64. The molecule has 1 N–H and O–H groups in total. The van der Waals surface area contributed by atoms with E-state index in [2.05, 4.69) is 44.0 Å². The standard InChI is InChI=1S/C13H19N7O/c1-9-6-20(7-10(2)21-9)13-17-11(14-3)16-12(18-13)19-5-4-15-8-19/h4-5,8-10H,6-7H2,1-3H3,(H,14,16,17,18). The highest BCUT2D eigenvalue weighted by Gasteiger charge is 2.25. The maximum atomic E-state index is 5.75. The molecule has 0 amide bonds. The summed E-state index contributed by atoms with van der Waals surface area (Å²) in [6, 6.07) is 0. The predicted octanol–water partition coefficient (Wildman–Crippen LogP) is 0.713. The number of morpholine rings is 1. The van der Waals surface area contributed by atoms with Crippen molar-refractivity contribution in [3.63, 3.8) is 0 Å². The summed E-state index contributed by atoms with van der Waals surface area (Å²) in [6.07, 6.45) is 5.48. The molecule has 1 aliphatic rings. The second-order valence-electron chi connectivity index (χ2n) is 5.14. The van der Waals surface area contributed by atoms with Crippen LogP contribution in [0.4, 0.5) is 11.9 Å². The molecule has 2 aromatic rings. The van der Waals surface area contributed by atoms with Gasteiger partial charge in [0.25, 0.3) is 0 Å². The van der Waals surface area contributed by atoms with Gasteiger partial charge in [-0.25, -0.2) is 4.98 Å². The van der Waals surface area contributed by atoms with E-state index in [1.54, 1.807) is 24.1 Å². The van der Waals surface area contributed by atoms with E-state index in [0.717, 1.165) is 13.1 Å². The molecule has 0 spiro atoms. The van der Waals surface area contributed by atoms with Gasteiger partial charge in [0, 0.05) is 32.5 Å². The Labute approximate surface area is 123 Å². The van der Waals surface area contributed by atoms with Crippen molar-refractivity contribution in [2.24, 2.45) is 0 Å². The Morgan fingerprint density at radius 2 is 1.86 bits per heavy atom. The molecular weight excluding hydrogens is 270 g/mol. The van der Waals surface area contributed by atoms with Gasteiger partial charge in [-0.1, -0.05) is 0 Å². The maximum Gasteiger partial charge on any atom is 0.241 e. The molecule has 0 radical (unpaired) electrons. The monoisotopic (exact) mass is 289 g/mol. The van der Waals surface area contributed by atoms with E-state index < -0.39 is 0 Å². The lowest BCUT2D eigenvalue weighted by atomic mass is 10.2. The number of imidazole rings is 1. The molecule has 3 heterocycles. The predicted molar refractivity (Wildman–Crippen MR) is 78.7 cm³/mol. The first-order chi connectivity index (χ1) is 10.2. The minimum Gasteiger partial charge on any atom is -0.372 e. The highest BCUT2D eigenvalue weighted by atomic mass is 16.5. The second kappa shape index (κ2) is 5.65. The molecule has 1 aliphatic heterocycles. The molecule has 1 fully saturated rings. The summed E-state index contributed by atoms with van der Waals surface area (Å²) in [7, 11) is 1.79. The van der Waals surface area contributed by atoms with Gasteiger partial charge in [0.05, 0.1) is 12.2 Å². The Balaban J connectivity index is 1.96. The van der Waals surface area contributed by atoms with E-state index in [4.69, 9.17) is 4.74 Å². The largest absolute Gasteiger partial charge is 0.372 e. The van der Waals surface area contributed by atoms with Crippen LogP contribution in [0.25, 0.3) is 5.95 Å². The lowest BCUT2D eigenvalue weighted by molar-refractivity contribution is -0.00572. The molecule has 2 atom stereocenters. The van der Waals surface area contributed by atoms with Crippen LogP contribution in [-0.2, 0) is 4.74 Å². The van der Waals surface area contributed by atoms with Gasteiger partial charge in [-0.3, -0.25) is 4.57 Å². The van der Waals surface area contributed by atoms with Crippen molar-refractivity contribution in [2.45, 2.75) is 26.1 Å². The summed E-state index contributed by atoms with van der Waals surface area (Å²) in [5.41, 5.74) is 0. The van der Waals surface area contributed by atoms with Gasteiger partial charge in [-0.15, -0.1) is 0 Å². The Kier molecular flexibility index (Phi) is 3.70. The smallest absolute Gasteiger partial charge is 0.241 e. The molecule has 0 aromatic carbocycles. The average molecular weight is 289 g/mol. The van der Waals surface area contributed by atoms with Crippen molar-refractivity contribution < 1.29 is 4.74 Å². The lowest BCUT2D eigenvalue weighted by Crippen LogP contribution is -2.46. The Morgan fingerprint density at radius 3 is 2.48 bits per heavy atom. The second-order valence-corrected chi connectivity index (χ2v) is 5.14. The molecule has 8 heteroatoms. The number of hydrogen-bond acceptors (Lipinski definition) is 7. The summed E-state index contributed by atoms with van der Waals surface area (Å²) >= 11 is 0. The summed E-state index contributed by atoms with van der Waals surface area (Å²) in [5, 5.41) is 2.98. The van der Waals surface area contributed by atoms with Crippen molar-refractivity contribution in [1.82, 2.24) is 24.5 Å². The van der Waals surface area contributed by atoms with E-state index in [1.165, 1.54) is 0 Å². The molecule has 1 saturated heterocycles. The van der Waals surface area contributed by atoms with Crippen molar-refractivity contribution >= 4 is 11.9 Å². The lowest BCUT2D eigenvalue weighted by Gasteiger charge is -2.35. The van der Waals surface area contributed by atoms with E-state index >= 15 is 0 Å². The van der Waals surface area contributed by atoms with Crippen LogP contribution in [0.1, 0.15) is 13.8 Å². The van der Waals surface area contributed by atoms with Crippen molar-refractivity contribution in [2.75, 3.05) is 30.4 Å². The molecule has 8 nitrogen and oxygen atoms in total. The number of nitrogens with zero attached hydrogens (tertiary/aromatic N) is 6. The van der Waals surface area contributed by atoms with Crippen LogP contribution in [0.2, 0.25) is 0 Å². The minimum absolute atomic E-state index is 0.153. The van der Waals surface area contributed by atoms with E-state index in [1.807, 2.05) is 6.20 Å². The third-order valence-corrected chi connectivity index (χ3v) is 3.27. The topological polar surface area (TPSA) is 81.0 Å². The molecule has 21 heavy (non-hydrogen) atoms. The average Bonchev–Trinajstić information content (AvgIpc) is 3.00. The fourth-order valence-electron chi connectivity index (χ4n) is 2.44. The van der Waals surface area contributed by atoms with Crippen molar-refractivity contribution in [3.05, 3.63) is 18.7 Å². The van der Waals surface area contributed by atoms with Gasteiger partial charge < -0.3 is 15.0 Å². The Hall–Kier alpha value is -2.22. The van der Waals surface area contributed by atoms with Crippen LogP contribution in [0.15, 0.2) is 18.7 Å². The zero-order valence-corrected chi connectivity index (χ0v) is 12.4. The molecule has 2 unspecified atom stereocenters. The summed E-state index contributed by atoms with van der Waals surface area (Å²) in [5.74, 6) is 1.74. The van der Waals surface area contributed by atoms with Gasteiger partial charge in [0.15, 0.2) is 0 Å². The highest BCUT2D eigenvalue weighted by Crippen LogP contribution is 2.18. The minimum atomic E-state index is 0.153. The van der Waals surface area contributed by atoms with Crippen molar-refractivity contribution in [1.29, 1.82) is 0 Å². The molecular formula is C13H19N7O. The van der Waals surface area contributed by atoms with Gasteiger partial charge in [-0.2, -0.15) is 15.0 Å². The summed E-state index contributed by atoms with van der Waals surface area (Å²) < 4.78 is 7.52. The van der Waals surface area contributed by atoms with E-state index in [0.29, 0.717) is 17.8 Å². The maximum absolute atomic E-state index is 5.75. The first kappa shape index (κ1) is 13.7. The normalized spacial score (nSPS) is 22.3. The first-order valence-electron chi connectivity index (χ1n) is 6.98. The van der Waals surface area contributed by atoms with Crippen LogP contribution < -0.4 is 10.2 Å². The van der Waals surface area contributed by atoms with Crippen LogP contribution in [0.3, 0.4) is 0 Å². The number of anilines is 2. The molecule has 0 saturated carbocycles. The number of ether oxygens (including phenoxy) is 1. The molecule has 3 rings (SSSR count). The van der Waals surface area contributed by atoms with Crippen LogP contribution in [-0.4, -0.2) is 56.8 Å². The zero-order chi connectivity index (χ0) is 14.8. The first-order valence-corrected chi connectivity index (χ1v) is 6.98. The van der Waals surface area contributed by atoms with Crippen LogP contribution in [0, 0.1) is 0 Å². The number of hydrogen-bond donors (Lipinski definition) is 1. The van der Waals surface area contributed by atoms with Gasteiger partial charge in [0.1, 0.15) is 6.33 Å². The zero-order valence-electron chi connectivity index (χ0n) is 12.4. The third kappa shape index (κ3) is 2.94. The highest BCUT2D eigenvalue weighted by molar-refractivity contribution is 5.40. The molecule has 112 valence electrons. The number of nitrogens with one attached hydrogen (secondary N) is 1. The van der Waals surface area contributed by atoms with E-state index in [9.17, 15) is 0 Å². The van der Waals surface area contributed by atoms with Crippen LogP contribution in [0.5, 0.6) is 0 Å². The Morgan fingerprint density at radius 1 is 1.14 bits per heavy atom. The Bertz CT molecular complexity index is 591. The van der Waals surface area contributed by atoms with Gasteiger partial charge in [0.2, 0.25) is 17.8 Å². The SMILES string of the molecule is CNc1nc(N2CC(C)OC(C)C2)nc(-n2ccnc2)n1. The quantitative estimate of drug-likeness (QED) is 0.891. The van der Waals surface area contributed by atoms with Crippen molar-refractivity contribution in [3.8, 4) is 5.95 Å². The number of rotatable bonds is 3. The molecule has 2 aromatic heterocycles. The van der Waals surface area contributed by atoms with E-state index in [-0.39, 0.29) is 12.2 Å². The van der Waals surface area contributed by atoms with Gasteiger partial charge in [-0.05, 0) is 13.8 Å². The number of aromatic nitrogens is 5. The molecule has 0 bridgehead atoms. The van der Waals surface area contributed by atoms with Crippen LogP contribution >= 0.6 is 0 Å². The molecule has 0 aliphatic carbocycles. The summed E-state index contributed by atoms with van der Waals surface area (Å²) in [4.78, 5) is 19.5. The fourth-order valence-corrected chi connectivity index (χ4v) is 2.44. The fraction of sp³-hybridized carbons (Fsp3) is 0.538.